The van der Waals surface area contributed by atoms with Crippen LogP contribution in [0.4, 0.5) is 4.79 Å². The van der Waals surface area contributed by atoms with Crippen LogP contribution in [0.15, 0.2) is 0 Å². The fraction of sp³-hybridized carbons (Fsp3) is 0.692. The number of likely N-dealkylation sites (tertiary alicyclic amines) is 1. The molecule has 4 amide bonds. The normalized spacial score (nSPS) is 25.6. The topological polar surface area (TPSA) is 116 Å². The number of hydrogen-bond acceptors (Lipinski definition) is 4. The van der Waals surface area contributed by atoms with Crippen molar-refractivity contribution in [2.75, 3.05) is 13.1 Å². The zero-order chi connectivity index (χ0) is 15.6. The Kier molecular flexibility index (Phi) is 4.15. The third-order valence-electron chi connectivity index (χ3n) is 4.21. The van der Waals surface area contributed by atoms with Gasteiger partial charge in [0.2, 0.25) is 11.8 Å². The van der Waals surface area contributed by atoms with Gasteiger partial charge >= 0.3 is 12.0 Å². The summed E-state index contributed by atoms with van der Waals surface area (Å²) >= 11 is 0. The highest BCUT2D eigenvalue weighted by molar-refractivity contribution is 5.98. The monoisotopic (exact) mass is 297 g/mol. The van der Waals surface area contributed by atoms with Crippen LogP contribution in [0.1, 0.15) is 32.6 Å². The Hall–Kier alpha value is -2.12. The van der Waals surface area contributed by atoms with E-state index in [1.807, 2.05) is 0 Å². The van der Waals surface area contributed by atoms with Gasteiger partial charge in [0.25, 0.3) is 0 Å². The number of aliphatic carboxylic acids is 1. The molecule has 2 fully saturated rings. The molecule has 0 bridgehead atoms. The molecule has 0 aromatic rings. The molecule has 0 radical (unpaired) electrons. The van der Waals surface area contributed by atoms with Crippen LogP contribution >= 0.6 is 0 Å². The average molecular weight is 297 g/mol. The molecule has 0 spiro atoms. The first-order chi connectivity index (χ1) is 9.82. The Balaban J connectivity index is 1.97. The molecule has 0 aromatic heterocycles. The van der Waals surface area contributed by atoms with Gasteiger partial charge in [0.1, 0.15) is 6.04 Å². The van der Waals surface area contributed by atoms with Crippen LogP contribution in [0.2, 0.25) is 0 Å². The van der Waals surface area contributed by atoms with Gasteiger partial charge in [-0.3, -0.25) is 19.7 Å². The lowest BCUT2D eigenvalue weighted by molar-refractivity contribution is -0.153. The molecule has 8 nitrogen and oxygen atoms in total. The predicted molar refractivity (Wildman–Crippen MR) is 71.3 cm³/mol. The second-order valence-electron chi connectivity index (χ2n) is 5.80. The van der Waals surface area contributed by atoms with E-state index in [2.05, 4.69) is 10.6 Å². The van der Waals surface area contributed by atoms with Gasteiger partial charge in [-0.25, -0.2) is 4.79 Å². The van der Waals surface area contributed by atoms with Crippen molar-refractivity contribution >= 4 is 23.8 Å². The van der Waals surface area contributed by atoms with Crippen LogP contribution in [0.25, 0.3) is 0 Å². The molecular formula is C13H19N3O5. The maximum absolute atomic E-state index is 12.4. The quantitative estimate of drug-likeness (QED) is 0.646. The van der Waals surface area contributed by atoms with Gasteiger partial charge in [-0.15, -0.1) is 0 Å². The second-order valence-corrected chi connectivity index (χ2v) is 5.80. The number of nitrogens with one attached hydrogen (secondary N) is 2. The Labute approximate surface area is 121 Å². The Morgan fingerprint density at radius 2 is 1.90 bits per heavy atom. The minimum absolute atomic E-state index is 0.107. The lowest BCUT2D eigenvalue weighted by Gasteiger charge is -2.37. The van der Waals surface area contributed by atoms with E-state index in [0.29, 0.717) is 25.9 Å². The number of carbonyl (C=O) groups is 4. The van der Waals surface area contributed by atoms with Crippen LogP contribution in [0, 0.1) is 5.41 Å². The first-order valence-electron chi connectivity index (χ1n) is 6.94. The molecule has 2 rings (SSSR count). The van der Waals surface area contributed by atoms with Gasteiger partial charge in [0.15, 0.2) is 0 Å². The fourth-order valence-corrected chi connectivity index (χ4v) is 2.57. The van der Waals surface area contributed by atoms with Crippen LogP contribution in [-0.4, -0.2) is 53.0 Å². The molecule has 8 heteroatoms. The zero-order valence-corrected chi connectivity index (χ0v) is 11.8. The van der Waals surface area contributed by atoms with Crippen molar-refractivity contribution in [3.63, 3.8) is 0 Å². The zero-order valence-electron chi connectivity index (χ0n) is 11.8. The molecular weight excluding hydrogens is 278 g/mol. The third kappa shape index (κ3) is 3.32. The standard InChI is InChI=1S/C13H19N3O5/c1-13(11(19)20)4-6-16(7-5-13)10(18)8-2-3-9(17)15-12(21)14-8/h8H,2-7H2,1H3,(H,19,20)(H2,14,15,17,21). The molecule has 1 unspecified atom stereocenters. The Morgan fingerprint density at radius 3 is 2.48 bits per heavy atom. The fourth-order valence-electron chi connectivity index (χ4n) is 2.57. The van der Waals surface area contributed by atoms with Crippen LogP contribution in [0.3, 0.4) is 0 Å². The predicted octanol–water partition coefficient (Wildman–Crippen LogP) is -0.312. The first kappa shape index (κ1) is 15.3. The first-order valence-corrected chi connectivity index (χ1v) is 6.94. The van der Waals surface area contributed by atoms with E-state index in [0.717, 1.165) is 0 Å². The summed E-state index contributed by atoms with van der Waals surface area (Å²) in [6.07, 6.45) is 1.12. The van der Waals surface area contributed by atoms with E-state index < -0.39 is 29.4 Å². The summed E-state index contributed by atoms with van der Waals surface area (Å²) in [6, 6.07) is -1.39. The second kappa shape index (κ2) is 5.71. The highest BCUT2D eigenvalue weighted by Gasteiger charge is 2.39. The molecule has 0 aliphatic carbocycles. The third-order valence-corrected chi connectivity index (χ3v) is 4.21. The van der Waals surface area contributed by atoms with Gasteiger partial charge < -0.3 is 15.3 Å². The molecule has 2 aliphatic heterocycles. The molecule has 3 N–H and O–H groups in total. The molecule has 1 atom stereocenters. The van der Waals surface area contributed by atoms with Crippen molar-refractivity contribution in [1.29, 1.82) is 0 Å². The summed E-state index contributed by atoms with van der Waals surface area (Å²) in [6.45, 7) is 2.36. The maximum atomic E-state index is 12.4. The van der Waals surface area contributed by atoms with E-state index in [1.54, 1.807) is 11.8 Å². The van der Waals surface area contributed by atoms with Gasteiger partial charge in [0.05, 0.1) is 5.41 Å². The number of imide groups is 1. The smallest absolute Gasteiger partial charge is 0.322 e. The Morgan fingerprint density at radius 1 is 1.29 bits per heavy atom. The molecule has 0 saturated carbocycles. The number of rotatable bonds is 2. The number of carboxylic acid groups (broad SMARTS) is 1. The van der Waals surface area contributed by atoms with Crippen LogP contribution < -0.4 is 10.6 Å². The summed E-state index contributed by atoms with van der Waals surface area (Å²) in [5.74, 6) is -1.51. The van der Waals surface area contributed by atoms with Gasteiger partial charge in [-0.2, -0.15) is 0 Å². The summed E-state index contributed by atoms with van der Waals surface area (Å²) in [5, 5.41) is 13.8. The lowest BCUT2D eigenvalue weighted by Crippen LogP contribution is -2.53. The van der Waals surface area contributed by atoms with Gasteiger partial charge in [-0.1, -0.05) is 0 Å². The molecule has 21 heavy (non-hydrogen) atoms. The van der Waals surface area contributed by atoms with Crippen molar-refractivity contribution in [2.45, 2.75) is 38.6 Å². The average Bonchev–Trinajstić information content (AvgIpc) is 2.59. The van der Waals surface area contributed by atoms with Crippen LogP contribution in [-0.2, 0) is 14.4 Å². The lowest BCUT2D eigenvalue weighted by atomic mass is 9.80. The minimum atomic E-state index is -0.854. The number of urea groups is 1. The van der Waals surface area contributed by atoms with Crippen molar-refractivity contribution in [3.8, 4) is 0 Å². The summed E-state index contributed by atoms with van der Waals surface area (Å²) < 4.78 is 0. The van der Waals surface area contributed by atoms with E-state index in [4.69, 9.17) is 5.11 Å². The van der Waals surface area contributed by atoms with E-state index in [-0.39, 0.29) is 18.7 Å². The van der Waals surface area contributed by atoms with Crippen molar-refractivity contribution < 1.29 is 24.3 Å². The number of amides is 4. The van der Waals surface area contributed by atoms with Gasteiger partial charge in [-0.05, 0) is 26.2 Å². The van der Waals surface area contributed by atoms with Crippen LogP contribution in [0.5, 0.6) is 0 Å². The summed E-state index contributed by atoms with van der Waals surface area (Å²) in [5.41, 5.74) is -0.805. The summed E-state index contributed by atoms with van der Waals surface area (Å²) in [4.78, 5) is 47.7. The SMILES string of the molecule is CC1(C(=O)O)CCN(C(=O)C2CCC(=O)NC(=O)N2)CC1. The number of hydrogen-bond donors (Lipinski definition) is 3. The van der Waals surface area contributed by atoms with Crippen molar-refractivity contribution in [3.05, 3.63) is 0 Å². The Bertz CT molecular complexity index is 482. The van der Waals surface area contributed by atoms with Crippen molar-refractivity contribution in [1.82, 2.24) is 15.5 Å². The molecule has 0 aromatic carbocycles. The molecule has 2 aliphatic rings. The molecule has 2 saturated heterocycles. The molecule has 116 valence electrons. The number of carbonyl (C=O) groups excluding carboxylic acids is 3. The van der Waals surface area contributed by atoms with Gasteiger partial charge in [0, 0.05) is 19.5 Å². The number of nitrogens with zero attached hydrogens (tertiary/aromatic N) is 1. The van der Waals surface area contributed by atoms with E-state index in [1.165, 1.54) is 0 Å². The summed E-state index contributed by atoms with van der Waals surface area (Å²) in [7, 11) is 0. The minimum Gasteiger partial charge on any atom is -0.481 e. The highest BCUT2D eigenvalue weighted by atomic mass is 16.4. The van der Waals surface area contributed by atoms with E-state index in [9.17, 15) is 19.2 Å². The van der Waals surface area contributed by atoms with E-state index >= 15 is 0 Å². The highest BCUT2D eigenvalue weighted by Crippen LogP contribution is 2.31. The molecule has 2 heterocycles. The number of carboxylic acids is 1. The van der Waals surface area contributed by atoms with Crippen molar-refractivity contribution in [2.24, 2.45) is 5.41 Å². The maximum Gasteiger partial charge on any atom is 0.322 e. The number of piperidine rings is 1. The largest absolute Gasteiger partial charge is 0.481 e.